The molecule has 0 N–H and O–H groups in total. The molecule has 1 rings (SSSR count). The van der Waals surface area contributed by atoms with Crippen LogP contribution < -0.4 is 0 Å². The van der Waals surface area contributed by atoms with Gasteiger partial charge in [-0.05, 0) is 5.92 Å². The molecule has 1 aromatic heterocycles. The minimum Gasteiger partial charge on any atom is -0.356 e. The van der Waals surface area contributed by atoms with Gasteiger partial charge in [0.05, 0.1) is 5.69 Å². The molecule has 68 valence electrons. The summed E-state index contributed by atoms with van der Waals surface area (Å²) in [6, 6.07) is 1.65. The van der Waals surface area contributed by atoms with Gasteiger partial charge in [-0.25, -0.2) is 0 Å². The number of aromatic nitrogens is 1. The van der Waals surface area contributed by atoms with E-state index in [1.165, 1.54) is 0 Å². The van der Waals surface area contributed by atoms with E-state index < -0.39 is 3.79 Å². The van der Waals surface area contributed by atoms with Crippen LogP contribution in [0.1, 0.15) is 31.2 Å². The molecule has 0 spiro atoms. The Morgan fingerprint density at radius 1 is 1.42 bits per heavy atom. The van der Waals surface area contributed by atoms with Gasteiger partial charge in [-0.15, -0.1) is 0 Å². The van der Waals surface area contributed by atoms with Crippen LogP contribution in [-0.4, -0.2) is 5.16 Å². The third-order valence-electron chi connectivity index (χ3n) is 1.40. The molecule has 0 unspecified atom stereocenters. The summed E-state index contributed by atoms with van der Waals surface area (Å²) in [4.78, 5) is 0. The molecule has 0 aliphatic heterocycles. The van der Waals surface area contributed by atoms with E-state index in [-0.39, 0.29) is 11.7 Å². The number of hydrogen-bond donors (Lipinski definition) is 0. The molecule has 0 saturated carbocycles. The highest BCUT2D eigenvalue weighted by Crippen LogP contribution is 2.38. The average molecular weight is 229 g/mol. The summed E-state index contributed by atoms with van der Waals surface area (Å²) in [7, 11) is 0. The van der Waals surface area contributed by atoms with Crippen LogP contribution in [0.15, 0.2) is 10.6 Å². The second-order valence-electron chi connectivity index (χ2n) is 2.77. The van der Waals surface area contributed by atoms with Crippen molar-refractivity contribution in [2.45, 2.75) is 23.6 Å². The highest BCUT2D eigenvalue weighted by Gasteiger charge is 2.28. The lowest BCUT2D eigenvalue weighted by Gasteiger charge is -2.03. The van der Waals surface area contributed by atoms with Crippen molar-refractivity contribution in [1.82, 2.24) is 5.16 Å². The minimum atomic E-state index is -1.51. The lowest BCUT2D eigenvalue weighted by atomic mass is 10.1. The Kier molecular flexibility index (Phi) is 2.92. The molecule has 0 fully saturated rings. The Labute approximate surface area is 85.8 Å². The quantitative estimate of drug-likeness (QED) is 0.686. The first-order chi connectivity index (χ1) is 5.41. The molecule has 0 aliphatic carbocycles. The van der Waals surface area contributed by atoms with Crippen LogP contribution in [0.3, 0.4) is 0 Å². The maximum absolute atomic E-state index is 5.57. The molecule has 0 aliphatic rings. The monoisotopic (exact) mass is 227 g/mol. The average Bonchev–Trinajstić information content (AvgIpc) is 2.30. The van der Waals surface area contributed by atoms with Crippen molar-refractivity contribution in [1.29, 1.82) is 0 Å². The first-order valence-corrected chi connectivity index (χ1v) is 4.58. The van der Waals surface area contributed by atoms with E-state index in [4.69, 9.17) is 39.3 Å². The van der Waals surface area contributed by atoms with Crippen LogP contribution in [0.25, 0.3) is 0 Å². The summed E-state index contributed by atoms with van der Waals surface area (Å²) in [6.07, 6.45) is 0. The van der Waals surface area contributed by atoms with Crippen molar-refractivity contribution >= 4 is 34.8 Å². The molecule has 0 bridgehead atoms. The van der Waals surface area contributed by atoms with Crippen molar-refractivity contribution in [3.63, 3.8) is 0 Å². The highest BCUT2D eigenvalue weighted by atomic mass is 35.6. The van der Waals surface area contributed by atoms with Crippen molar-refractivity contribution in [3.05, 3.63) is 17.5 Å². The molecule has 5 heteroatoms. The number of alkyl halides is 3. The molecule has 12 heavy (non-hydrogen) atoms. The fourth-order valence-corrected chi connectivity index (χ4v) is 0.962. The lowest BCUT2D eigenvalue weighted by Crippen LogP contribution is -1.96. The summed E-state index contributed by atoms with van der Waals surface area (Å²) < 4.78 is 3.33. The summed E-state index contributed by atoms with van der Waals surface area (Å²) in [5, 5.41) is 3.75. The van der Waals surface area contributed by atoms with E-state index in [0.717, 1.165) is 5.69 Å². The Morgan fingerprint density at radius 3 is 2.25 bits per heavy atom. The van der Waals surface area contributed by atoms with Gasteiger partial charge in [-0.3, -0.25) is 0 Å². The van der Waals surface area contributed by atoms with Crippen LogP contribution in [0.2, 0.25) is 0 Å². The Hall–Kier alpha value is 0.0800. The van der Waals surface area contributed by atoms with Crippen LogP contribution in [-0.2, 0) is 3.79 Å². The van der Waals surface area contributed by atoms with Crippen LogP contribution in [0, 0.1) is 0 Å². The Balaban J connectivity index is 2.92. The van der Waals surface area contributed by atoms with Crippen molar-refractivity contribution in [2.24, 2.45) is 0 Å². The predicted molar refractivity (Wildman–Crippen MR) is 49.8 cm³/mol. The van der Waals surface area contributed by atoms with Crippen LogP contribution in [0.4, 0.5) is 0 Å². The van der Waals surface area contributed by atoms with Gasteiger partial charge in [0, 0.05) is 6.07 Å². The predicted octanol–water partition coefficient (Wildman–Crippen LogP) is 3.62. The number of hydrogen-bond acceptors (Lipinski definition) is 2. The van der Waals surface area contributed by atoms with Gasteiger partial charge < -0.3 is 4.52 Å². The normalized spacial score (nSPS) is 12.5. The molecule has 0 saturated heterocycles. The van der Waals surface area contributed by atoms with E-state index in [2.05, 4.69) is 5.16 Å². The standard InChI is InChI=1S/C7H8Cl3NO/c1-4(2)5-3-6(12-11-5)7(8,9)10/h3-4H,1-2H3. The van der Waals surface area contributed by atoms with Gasteiger partial charge in [0.25, 0.3) is 3.79 Å². The van der Waals surface area contributed by atoms with Gasteiger partial charge in [-0.2, -0.15) is 0 Å². The second-order valence-corrected chi connectivity index (χ2v) is 5.05. The van der Waals surface area contributed by atoms with Gasteiger partial charge in [-0.1, -0.05) is 53.8 Å². The number of rotatable bonds is 1. The SMILES string of the molecule is CC(C)c1cc(C(Cl)(Cl)Cl)on1. The van der Waals surface area contributed by atoms with E-state index in [1.54, 1.807) is 6.07 Å². The van der Waals surface area contributed by atoms with Crippen molar-refractivity contribution in [3.8, 4) is 0 Å². The van der Waals surface area contributed by atoms with Gasteiger partial charge in [0.1, 0.15) is 0 Å². The second kappa shape index (κ2) is 3.44. The largest absolute Gasteiger partial charge is 0.356 e. The zero-order valence-electron chi connectivity index (χ0n) is 6.64. The lowest BCUT2D eigenvalue weighted by molar-refractivity contribution is 0.378. The van der Waals surface area contributed by atoms with Gasteiger partial charge >= 0.3 is 0 Å². The maximum atomic E-state index is 5.57. The molecule has 2 nitrogen and oxygen atoms in total. The van der Waals surface area contributed by atoms with Crippen LogP contribution in [0.5, 0.6) is 0 Å². The van der Waals surface area contributed by atoms with E-state index in [9.17, 15) is 0 Å². The van der Waals surface area contributed by atoms with Gasteiger partial charge in [0.2, 0.25) is 0 Å². The number of nitrogens with zero attached hydrogens (tertiary/aromatic N) is 1. The molecule has 0 aromatic carbocycles. The van der Waals surface area contributed by atoms with E-state index >= 15 is 0 Å². The first kappa shape index (κ1) is 10.2. The van der Waals surface area contributed by atoms with Crippen molar-refractivity contribution in [2.75, 3.05) is 0 Å². The smallest absolute Gasteiger partial charge is 0.250 e. The number of halogens is 3. The maximum Gasteiger partial charge on any atom is 0.250 e. The molecule has 0 atom stereocenters. The highest BCUT2D eigenvalue weighted by molar-refractivity contribution is 6.66. The molecule has 0 amide bonds. The molecule has 1 heterocycles. The molecule has 0 radical (unpaired) electrons. The topological polar surface area (TPSA) is 26.0 Å². The summed E-state index contributed by atoms with van der Waals surface area (Å²) in [6.45, 7) is 3.97. The third-order valence-corrected chi connectivity index (χ3v) is 1.96. The molecule has 1 aromatic rings. The fourth-order valence-electron chi connectivity index (χ4n) is 0.695. The van der Waals surface area contributed by atoms with Crippen LogP contribution >= 0.6 is 34.8 Å². The Bertz CT molecular complexity index is 264. The zero-order chi connectivity index (χ0) is 9.35. The Morgan fingerprint density at radius 2 is 2.00 bits per heavy atom. The van der Waals surface area contributed by atoms with E-state index in [0.29, 0.717) is 0 Å². The fraction of sp³-hybridized carbons (Fsp3) is 0.571. The zero-order valence-corrected chi connectivity index (χ0v) is 8.91. The van der Waals surface area contributed by atoms with Crippen molar-refractivity contribution < 1.29 is 4.52 Å². The summed E-state index contributed by atoms with van der Waals surface area (Å²) in [5.41, 5.74) is 0.788. The summed E-state index contributed by atoms with van der Waals surface area (Å²) >= 11 is 16.7. The molecular weight excluding hydrogens is 220 g/mol. The first-order valence-electron chi connectivity index (χ1n) is 3.45. The summed E-state index contributed by atoms with van der Waals surface area (Å²) in [5.74, 6) is 0.533. The molecular formula is C7H8Cl3NO. The third kappa shape index (κ3) is 2.28. The van der Waals surface area contributed by atoms with E-state index in [1.807, 2.05) is 13.8 Å². The van der Waals surface area contributed by atoms with Gasteiger partial charge in [0.15, 0.2) is 5.76 Å². The minimum absolute atomic E-state index is 0.260.